The Morgan fingerprint density at radius 3 is 2.95 bits per heavy atom. The number of benzene rings is 1. The lowest BCUT2D eigenvalue weighted by molar-refractivity contribution is 0.0874. The van der Waals surface area contributed by atoms with Crippen LogP contribution in [-0.2, 0) is 0 Å². The summed E-state index contributed by atoms with van der Waals surface area (Å²) in [5.74, 6) is -0.414. The van der Waals surface area contributed by atoms with Crippen LogP contribution in [0, 0.1) is 18.7 Å². The third-order valence-electron chi connectivity index (χ3n) is 3.80. The summed E-state index contributed by atoms with van der Waals surface area (Å²) < 4.78 is 13.3. The Kier molecular flexibility index (Phi) is 5.00. The molecule has 0 heterocycles. The lowest BCUT2D eigenvalue weighted by Gasteiger charge is -2.26. The SMILES string of the molecule is Cc1cc(C(=O)NCC2CCCC(O)C2)c(Cl)cc1F. The van der Waals surface area contributed by atoms with Crippen molar-refractivity contribution in [2.75, 3.05) is 6.54 Å². The molecular formula is C15H19ClFNO2. The van der Waals surface area contributed by atoms with E-state index in [1.807, 2.05) is 0 Å². The fourth-order valence-corrected chi connectivity index (χ4v) is 2.85. The van der Waals surface area contributed by atoms with Crippen molar-refractivity contribution in [3.05, 3.63) is 34.1 Å². The maximum atomic E-state index is 13.3. The Hall–Kier alpha value is -1.13. The van der Waals surface area contributed by atoms with E-state index in [1.54, 1.807) is 6.92 Å². The summed E-state index contributed by atoms with van der Waals surface area (Å²) >= 11 is 5.90. The number of carbonyl (C=O) groups is 1. The smallest absolute Gasteiger partial charge is 0.252 e. The number of hydrogen-bond acceptors (Lipinski definition) is 2. The lowest BCUT2D eigenvalue weighted by Crippen LogP contribution is -2.33. The van der Waals surface area contributed by atoms with Gasteiger partial charge in [-0.05, 0) is 49.8 Å². The van der Waals surface area contributed by atoms with Crippen LogP contribution < -0.4 is 5.32 Å². The molecule has 110 valence electrons. The van der Waals surface area contributed by atoms with Crippen molar-refractivity contribution in [2.24, 2.45) is 5.92 Å². The summed E-state index contributed by atoms with van der Waals surface area (Å²) in [7, 11) is 0. The minimum atomic E-state index is -0.415. The molecule has 3 nitrogen and oxygen atoms in total. The molecule has 2 N–H and O–H groups in total. The molecule has 1 aromatic rings. The van der Waals surface area contributed by atoms with Gasteiger partial charge in [-0.3, -0.25) is 4.79 Å². The second-order valence-corrected chi connectivity index (χ2v) is 5.88. The molecule has 1 aliphatic rings. The first-order chi connectivity index (χ1) is 9.47. The molecule has 0 saturated heterocycles. The maximum Gasteiger partial charge on any atom is 0.252 e. The van der Waals surface area contributed by atoms with Gasteiger partial charge in [0.15, 0.2) is 0 Å². The van der Waals surface area contributed by atoms with E-state index in [4.69, 9.17) is 11.6 Å². The van der Waals surface area contributed by atoms with E-state index in [1.165, 1.54) is 6.07 Å². The average Bonchev–Trinajstić information content (AvgIpc) is 2.40. The van der Waals surface area contributed by atoms with Crippen molar-refractivity contribution in [3.63, 3.8) is 0 Å². The van der Waals surface area contributed by atoms with Crippen molar-refractivity contribution in [1.82, 2.24) is 5.32 Å². The third kappa shape index (κ3) is 3.70. The van der Waals surface area contributed by atoms with Crippen LogP contribution >= 0.6 is 11.6 Å². The van der Waals surface area contributed by atoms with Crippen molar-refractivity contribution in [3.8, 4) is 0 Å². The van der Waals surface area contributed by atoms with Gasteiger partial charge in [0.05, 0.1) is 16.7 Å². The zero-order valence-electron chi connectivity index (χ0n) is 11.5. The second-order valence-electron chi connectivity index (χ2n) is 5.48. The zero-order valence-corrected chi connectivity index (χ0v) is 12.2. The van der Waals surface area contributed by atoms with Gasteiger partial charge in [0.25, 0.3) is 5.91 Å². The molecule has 2 unspecified atom stereocenters. The normalized spacial score (nSPS) is 22.6. The molecule has 20 heavy (non-hydrogen) atoms. The van der Waals surface area contributed by atoms with E-state index in [9.17, 15) is 14.3 Å². The minimum Gasteiger partial charge on any atom is -0.393 e. The molecule has 1 fully saturated rings. The monoisotopic (exact) mass is 299 g/mol. The van der Waals surface area contributed by atoms with Crippen LogP contribution in [0.25, 0.3) is 0 Å². The first kappa shape index (κ1) is 15.3. The van der Waals surface area contributed by atoms with E-state index in [0.717, 1.165) is 31.7 Å². The van der Waals surface area contributed by atoms with Crippen LogP contribution in [0.2, 0.25) is 5.02 Å². The Bertz CT molecular complexity index is 507. The van der Waals surface area contributed by atoms with E-state index in [-0.39, 0.29) is 17.0 Å². The molecule has 0 spiro atoms. The quantitative estimate of drug-likeness (QED) is 0.901. The Balaban J connectivity index is 1.96. The number of aliphatic hydroxyl groups is 1. The summed E-state index contributed by atoms with van der Waals surface area (Å²) in [4.78, 5) is 12.1. The number of nitrogens with one attached hydrogen (secondary N) is 1. The van der Waals surface area contributed by atoms with Gasteiger partial charge in [-0.1, -0.05) is 18.0 Å². The van der Waals surface area contributed by atoms with Gasteiger partial charge in [0, 0.05) is 6.54 Å². The van der Waals surface area contributed by atoms with Gasteiger partial charge in [-0.25, -0.2) is 4.39 Å². The fourth-order valence-electron chi connectivity index (χ4n) is 2.61. The van der Waals surface area contributed by atoms with Crippen LogP contribution in [0.15, 0.2) is 12.1 Å². The Labute approximate surface area is 123 Å². The van der Waals surface area contributed by atoms with Gasteiger partial charge in [0.1, 0.15) is 5.82 Å². The van der Waals surface area contributed by atoms with Crippen LogP contribution in [0.1, 0.15) is 41.6 Å². The molecule has 5 heteroatoms. The highest BCUT2D eigenvalue weighted by Gasteiger charge is 2.21. The van der Waals surface area contributed by atoms with Gasteiger partial charge in [-0.15, -0.1) is 0 Å². The zero-order chi connectivity index (χ0) is 14.7. The number of halogens is 2. The summed E-state index contributed by atoms with van der Waals surface area (Å²) in [6.45, 7) is 2.11. The van der Waals surface area contributed by atoms with Gasteiger partial charge >= 0.3 is 0 Å². The van der Waals surface area contributed by atoms with Crippen molar-refractivity contribution in [2.45, 2.75) is 38.7 Å². The Morgan fingerprint density at radius 2 is 2.25 bits per heavy atom. The van der Waals surface area contributed by atoms with Gasteiger partial charge in [-0.2, -0.15) is 0 Å². The van der Waals surface area contributed by atoms with Crippen molar-refractivity contribution >= 4 is 17.5 Å². The number of carbonyl (C=O) groups excluding carboxylic acids is 1. The minimum absolute atomic E-state index is 0.120. The predicted molar refractivity (Wildman–Crippen MR) is 76.4 cm³/mol. The summed E-state index contributed by atoms with van der Waals surface area (Å²) in [5, 5.41) is 12.5. The molecule has 2 rings (SSSR count). The topological polar surface area (TPSA) is 49.3 Å². The second kappa shape index (κ2) is 6.55. The molecule has 1 aromatic carbocycles. The first-order valence-corrected chi connectivity index (χ1v) is 7.27. The highest BCUT2D eigenvalue weighted by Crippen LogP contribution is 2.24. The standard InChI is InChI=1S/C15H19ClFNO2/c1-9-5-12(13(16)7-14(9)17)15(20)18-8-10-3-2-4-11(19)6-10/h5,7,10-11,19H,2-4,6,8H2,1H3,(H,18,20). The van der Waals surface area contributed by atoms with Crippen molar-refractivity contribution < 1.29 is 14.3 Å². The van der Waals surface area contributed by atoms with E-state index in [0.29, 0.717) is 23.6 Å². The number of aryl methyl sites for hydroxylation is 1. The lowest BCUT2D eigenvalue weighted by atomic mass is 9.87. The fraction of sp³-hybridized carbons (Fsp3) is 0.533. The number of amides is 1. The number of hydrogen-bond donors (Lipinski definition) is 2. The largest absolute Gasteiger partial charge is 0.393 e. The molecule has 1 saturated carbocycles. The summed E-state index contributed by atoms with van der Waals surface area (Å²) in [6, 6.07) is 2.62. The summed E-state index contributed by atoms with van der Waals surface area (Å²) in [5.41, 5.74) is 0.689. The Morgan fingerprint density at radius 1 is 1.50 bits per heavy atom. The van der Waals surface area contributed by atoms with Gasteiger partial charge in [0.2, 0.25) is 0 Å². The first-order valence-electron chi connectivity index (χ1n) is 6.89. The van der Waals surface area contributed by atoms with Crippen LogP contribution in [0.5, 0.6) is 0 Å². The van der Waals surface area contributed by atoms with Gasteiger partial charge < -0.3 is 10.4 Å². The number of aliphatic hydroxyl groups excluding tert-OH is 1. The predicted octanol–water partition coefficient (Wildman–Crippen LogP) is 3.07. The van der Waals surface area contributed by atoms with Crippen LogP contribution in [0.3, 0.4) is 0 Å². The molecule has 1 amide bonds. The molecule has 1 aliphatic carbocycles. The van der Waals surface area contributed by atoms with Crippen LogP contribution in [0.4, 0.5) is 4.39 Å². The van der Waals surface area contributed by atoms with Crippen molar-refractivity contribution in [1.29, 1.82) is 0 Å². The molecule has 0 aromatic heterocycles. The van der Waals surface area contributed by atoms with E-state index in [2.05, 4.69) is 5.32 Å². The third-order valence-corrected chi connectivity index (χ3v) is 4.11. The molecule has 0 radical (unpaired) electrons. The molecular weight excluding hydrogens is 281 g/mol. The van der Waals surface area contributed by atoms with E-state index < -0.39 is 5.82 Å². The highest BCUT2D eigenvalue weighted by atomic mass is 35.5. The molecule has 0 bridgehead atoms. The van der Waals surface area contributed by atoms with E-state index >= 15 is 0 Å². The maximum absolute atomic E-state index is 13.3. The summed E-state index contributed by atoms with van der Waals surface area (Å²) in [6.07, 6.45) is 3.29. The number of rotatable bonds is 3. The average molecular weight is 300 g/mol. The molecule has 2 atom stereocenters. The molecule has 0 aliphatic heterocycles. The van der Waals surface area contributed by atoms with Crippen LogP contribution in [-0.4, -0.2) is 23.7 Å². The highest BCUT2D eigenvalue weighted by molar-refractivity contribution is 6.33.